The van der Waals surface area contributed by atoms with Gasteiger partial charge in [-0.3, -0.25) is 4.99 Å². The number of hydrogen-bond donors (Lipinski definition) is 2. The number of unbranched alkanes of at least 4 members (excludes halogenated alkanes) is 1. The molecule has 0 saturated carbocycles. The molecule has 0 aliphatic carbocycles. The highest BCUT2D eigenvalue weighted by molar-refractivity contribution is 14.0. The third-order valence-corrected chi connectivity index (χ3v) is 3.43. The lowest BCUT2D eigenvalue weighted by Gasteiger charge is -2.22. The van der Waals surface area contributed by atoms with Gasteiger partial charge in [-0.1, -0.05) is 25.5 Å². The molecule has 5 nitrogen and oxygen atoms in total. The minimum atomic E-state index is -0.622. The van der Waals surface area contributed by atoms with Gasteiger partial charge >= 0.3 is 0 Å². The number of aryl methyl sites for hydroxylation is 1. The predicted molar refractivity (Wildman–Crippen MR) is 112 cm³/mol. The standard InChI is InChI=1S/C18H31N3O2.HI/c1-5-7-11-21(4)18(19-6-2)20-13-16(22)14-23-17-10-8-9-15(3)12-17;/h8-10,12,16,22H,5-7,11,13-14H2,1-4H3,(H,19,20);1H. The molecule has 1 aromatic carbocycles. The number of halogens is 1. The summed E-state index contributed by atoms with van der Waals surface area (Å²) in [5.41, 5.74) is 1.14. The van der Waals surface area contributed by atoms with E-state index >= 15 is 0 Å². The molecule has 138 valence electrons. The van der Waals surface area contributed by atoms with Crippen molar-refractivity contribution in [3.63, 3.8) is 0 Å². The first-order valence-corrected chi connectivity index (χ1v) is 8.43. The van der Waals surface area contributed by atoms with Gasteiger partial charge in [-0.2, -0.15) is 0 Å². The maximum Gasteiger partial charge on any atom is 0.193 e. The summed E-state index contributed by atoms with van der Waals surface area (Å²) in [4.78, 5) is 6.60. The lowest BCUT2D eigenvalue weighted by molar-refractivity contribution is 0.114. The number of nitrogens with one attached hydrogen (secondary N) is 1. The van der Waals surface area contributed by atoms with Crippen LogP contribution in [0.5, 0.6) is 5.75 Å². The van der Waals surface area contributed by atoms with Crippen LogP contribution in [-0.4, -0.2) is 55.4 Å². The third kappa shape index (κ3) is 9.32. The highest BCUT2D eigenvalue weighted by Crippen LogP contribution is 2.12. The predicted octanol–water partition coefficient (Wildman–Crippen LogP) is 3.05. The van der Waals surface area contributed by atoms with Crippen molar-refractivity contribution in [3.8, 4) is 5.75 Å². The van der Waals surface area contributed by atoms with Crippen molar-refractivity contribution in [3.05, 3.63) is 29.8 Å². The Kier molecular flexibility index (Phi) is 12.7. The number of nitrogens with zero attached hydrogens (tertiary/aromatic N) is 2. The van der Waals surface area contributed by atoms with Gasteiger partial charge < -0.3 is 20.1 Å². The molecular formula is C18H32IN3O2. The van der Waals surface area contributed by atoms with Crippen LogP contribution in [0.15, 0.2) is 29.3 Å². The zero-order chi connectivity index (χ0) is 17.1. The summed E-state index contributed by atoms with van der Waals surface area (Å²) in [6.45, 7) is 8.56. The molecular weight excluding hydrogens is 417 g/mol. The van der Waals surface area contributed by atoms with Crippen molar-refractivity contribution in [2.45, 2.75) is 39.7 Å². The number of ether oxygens (including phenoxy) is 1. The van der Waals surface area contributed by atoms with Crippen LogP contribution in [0.3, 0.4) is 0 Å². The average molecular weight is 449 g/mol. The number of aliphatic hydroxyl groups is 1. The number of guanidine groups is 1. The smallest absolute Gasteiger partial charge is 0.193 e. The SMILES string of the molecule is CCCCN(C)C(=NCC(O)COc1cccc(C)c1)NCC.I. The van der Waals surface area contributed by atoms with Gasteiger partial charge in [0.2, 0.25) is 0 Å². The van der Waals surface area contributed by atoms with Crippen molar-refractivity contribution in [1.29, 1.82) is 0 Å². The number of rotatable bonds is 9. The van der Waals surface area contributed by atoms with E-state index in [2.05, 4.69) is 22.1 Å². The Morgan fingerprint density at radius 3 is 2.75 bits per heavy atom. The van der Waals surface area contributed by atoms with Crippen molar-refractivity contribution in [1.82, 2.24) is 10.2 Å². The minimum absolute atomic E-state index is 0. The topological polar surface area (TPSA) is 57.1 Å². The van der Waals surface area contributed by atoms with Crippen LogP contribution < -0.4 is 10.1 Å². The Labute approximate surface area is 163 Å². The fraction of sp³-hybridized carbons (Fsp3) is 0.611. The van der Waals surface area contributed by atoms with E-state index in [1.165, 1.54) is 0 Å². The number of aliphatic imine (C=N–C) groups is 1. The maximum atomic E-state index is 10.1. The lowest BCUT2D eigenvalue weighted by atomic mass is 10.2. The second kappa shape index (κ2) is 13.3. The van der Waals surface area contributed by atoms with Crippen LogP contribution in [0, 0.1) is 6.92 Å². The Bertz CT molecular complexity index is 483. The van der Waals surface area contributed by atoms with Gasteiger partial charge in [0, 0.05) is 20.1 Å². The van der Waals surface area contributed by atoms with E-state index < -0.39 is 6.10 Å². The quantitative estimate of drug-likeness (QED) is 0.346. The molecule has 6 heteroatoms. The van der Waals surface area contributed by atoms with Crippen molar-refractivity contribution >= 4 is 29.9 Å². The van der Waals surface area contributed by atoms with E-state index in [1.807, 2.05) is 45.2 Å². The molecule has 0 fully saturated rings. The molecule has 0 bridgehead atoms. The van der Waals surface area contributed by atoms with Crippen LogP contribution in [0.1, 0.15) is 32.3 Å². The molecule has 0 amide bonds. The van der Waals surface area contributed by atoms with Gasteiger partial charge in [-0.05, 0) is 38.0 Å². The summed E-state index contributed by atoms with van der Waals surface area (Å²) in [6.07, 6.45) is 1.65. The van der Waals surface area contributed by atoms with Gasteiger partial charge in [0.05, 0.1) is 6.54 Å². The van der Waals surface area contributed by atoms with Crippen LogP contribution in [0.25, 0.3) is 0 Å². The Balaban J connectivity index is 0.00000529. The second-order valence-electron chi connectivity index (χ2n) is 5.75. The number of aliphatic hydroxyl groups excluding tert-OH is 1. The van der Waals surface area contributed by atoms with E-state index in [0.717, 1.165) is 43.2 Å². The Morgan fingerprint density at radius 1 is 1.38 bits per heavy atom. The molecule has 1 unspecified atom stereocenters. The molecule has 0 aromatic heterocycles. The monoisotopic (exact) mass is 449 g/mol. The normalized spacial score (nSPS) is 12.3. The maximum absolute atomic E-state index is 10.1. The zero-order valence-corrected chi connectivity index (χ0v) is 17.6. The summed E-state index contributed by atoms with van der Waals surface area (Å²) in [7, 11) is 2.02. The molecule has 0 aliphatic heterocycles. The number of benzene rings is 1. The molecule has 0 aliphatic rings. The summed E-state index contributed by atoms with van der Waals surface area (Å²) in [5, 5.41) is 13.3. The van der Waals surface area contributed by atoms with E-state index in [-0.39, 0.29) is 30.6 Å². The van der Waals surface area contributed by atoms with Crippen LogP contribution in [0.2, 0.25) is 0 Å². The average Bonchev–Trinajstić information content (AvgIpc) is 2.54. The highest BCUT2D eigenvalue weighted by atomic mass is 127. The summed E-state index contributed by atoms with van der Waals surface area (Å²) >= 11 is 0. The van der Waals surface area contributed by atoms with Crippen molar-refractivity contribution in [2.75, 3.05) is 33.3 Å². The zero-order valence-electron chi connectivity index (χ0n) is 15.3. The third-order valence-electron chi connectivity index (χ3n) is 3.43. The highest BCUT2D eigenvalue weighted by Gasteiger charge is 2.08. The van der Waals surface area contributed by atoms with E-state index in [4.69, 9.17) is 4.74 Å². The molecule has 0 spiro atoms. The molecule has 1 aromatic rings. The molecule has 1 atom stereocenters. The summed E-state index contributed by atoms with van der Waals surface area (Å²) < 4.78 is 5.61. The van der Waals surface area contributed by atoms with Crippen molar-refractivity contribution in [2.24, 2.45) is 4.99 Å². The van der Waals surface area contributed by atoms with E-state index in [0.29, 0.717) is 6.54 Å². The molecule has 0 radical (unpaired) electrons. The van der Waals surface area contributed by atoms with Crippen molar-refractivity contribution < 1.29 is 9.84 Å². The molecule has 24 heavy (non-hydrogen) atoms. The van der Waals surface area contributed by atoms with Crippen LogP contribution >= 0.6 is 24.0 Å². The Morgan fingerprint density at radius 2 is 2.12 bits per heavy atom. The lowest BCUT2D eigenvalue weighted by Crippen LogP contribution is -2.40. The number of hydrogen-bond acceptors (Lipinski definition) is 3. The largest absolute Gasteiger partial charge is 0.491 e. The van der Waals surface area contributed by atoms with Crippen LogP contribution in [0.4, 0.5) is 0 Å². The summed E-state index contributed by atoms with van der Waals surface area (Å²) in [6, 6.07) is 7.81. The second-order valence-corrected chi connectivity index (χ2v) is 5.75. The summed E-state index contributed by atoms with van der Waals surface area (Å²) in [5.74, 6) is 1.61. The first-order chi connectivity index (χ1) is 11.1. The molecule has 0 saturated heterocycles. The first kappa shape index (κ1) is 23.0. The van der Waals surface area contributed by atoms with Gasteiger partial charge in [0.15, 0.2) is 5.96 Å². The van der Waals surface area contributed by atoms with Gasteiger partial charge in [-0.25, -0.2) is 0 Å². The molecule has 1 rings (SSSR count). The fourth-order valence-corrected chi connectivity index (χ4v) is 2.11. The van der Waals surface area contributed by atoms with Gasteiger partial charge in [0.1, 0.15) is 18.5 Å². The molecule has 2 N–H and O–H groups in total. The molecule has 0 heterocycles. The van der Waals surface area contributed by atoms with Gasteiger partial charge in [-0.15, -0.1) is 24.0 Å². The van der Waals surface area contributed by atoms with E-state index in [9.17, 15) is 5.11 Å². The van der Waals surface area contributed by atoms with E-state index in [1.54, 1.807) is 0 Å². The minimum Gasteiger partial charge on any atom is -0.491 e. The fourth-order valence-electron chi connectivity index (χ4n) is 2.11. The first-order valence-electron chi connectivity index (χ1n) is 8.43. The van der Waals surface area contributed by atoms with Gasteiger partial charge in [0.25, 0.3) is 0 Å². The Hall–Kier alpha value is -1.02. The van der Waals surface area contributed by atoms with Crippen LogP contribution in [-0.2, 0) is 0 Å².